The Morgan fingerprint density at radius 1 is 0.720 bits per heavy atom. The topological polar surface area (TPSA) is 77.4 Å². The third-order valence-electron chi connectivity index (χ3n) is 4.57. The maximum Gasteiger partial charge on any atom is 1.00 e. The molecule has 1 N–H and O–H groups in total. The molecule has 1 atom stereocenters. The zero-order valence-electron chi connectivity index (χ0n) is 16.7. The fourth-order valence-corrected chi connectivity index (χ4v) is 3.58. The first-order valence-corrected chi connectivity index (χ1v) is 11.6. The fraction of sp³-hybridized carbons (Fsp3) is 1.00. The van der Waals surface area contributed by atoms with Crippen molar-refractivity contribution in [1.82, 2.24) is 0 Å². The second-order valence-electron chi connectivity index (χ2n) is 7.09. The van der Waals surface area contributed by atoms with Crippen molar-refractivity contribution in [3.05, 3.63) is 0 Å². The van der Waals surface area contributed by atoms with Gasteiger partial charge in [-0.1, -0.05) is 90.4 Å². The van der Waals surface area contributed by atoms with E-state index in [1.54, 1.807) is 0 Å². The van der Waals surface area contributed by atoms with Gasteiger partial charge in [-0.05, 0) is 19.3 Å². The summed E-state index contributed by atoms with van der Waals surface area (Å²) in [7, 11) is -4.04. The van der Waals surface area contributed by atoms with Crippen molar-refractivity contribution < 1.29 is 47.6 Å². The summed E-state index contributed by atoms with van der Waals surface area (Å²) >= 11 is 0. The quantitative estimate of drug-likeness (QED) is 0.222. The summed E-state index contributed by atoms with van der Waals surface area (Å²) in [6, 6.07) is 0. The first-order valence-electron chi connectivity index (χ1n) is 10.1. The molecule has 0 aliphatic carbocycles. The SMILES string of the molecule is CCCCCCCCCCCC(O)CCCCCCCS(=O)(=O)[O-].[Na+]. The molecule has 0 rings (SSSR count). The maximum absolute atomic E-state index is 10.4. The molecule has 0 radical (unpaired) electrons. The van der Waals surface area contributed by atoms with Gasteiger partial charge < -0.3 is 9.66 Å². The first kappa shape index (κ1) is 28.1. The molecule has 0 aliphatic heterocycles. The van der Waals surface area contributed by atoms with E-state index in [0.717, 1.165) is 44.9 Å². The van der Waals surface area contributed by atoms with Gasteiger partial charge in [0, 0.05) is 5.75 Å². The minimum absolute atomic E-state index is 0. The van der Waals surface area contributed by atoms with Crippen LogP contribution in [0.2, 0.25) is 0 Å². The van der Waals surface area contributed by atoms with Crippen molar-refractivity contribution in [2.45, 2.75) is 116 Å². The van der Waals surface area contributed by atoms with Crippen LogP contribution in [-0.4, -0.2) is 29.9 Å². The Morgan fingerprint density at radius 2 is 1.08 bits per heavy atom. The van der Waals surface area contributed by atoms with Crippen molar-refractivity contribution in [2.75, 3.05) is 5.75 Å². The molecule has 0 amide bonds. The van der Waals surface area contributed by atoms with Crippen molar-refractivity contribution >= 4 is 10.1 Å². The smallest absolute Gasteiger partial charge is 0.748 e. The van der Waals surface area contributed by atoms with Gasteiger partial charge in [-0.15, -0.1) is 0 Å². The summed E-state index contributed by atoms with van der Waals surface area (Å²) in [5, 5.41) is 9.94. The van der Waals surface area contributed by atoms with E-state index in [2.05, 4.69) is 6.92 Å². The number of aliphatic hydroxyl groups excluding tert-OH is 1. The molecule has 0 aromatic heterocycles. The van der Waals surface area contributed by atoms with Crippen LogP contribution in [0.4, 0.5) is 0 Å². The minimum atomic E-state index is -4.04. The van der Waals surface area contributed by atoms with Crippen LogP contribution < -0.4 is 29.6 Å². The predicted molar refractivity (Wildman–Crippen MR) is 100 cm³/mol. The van der Waals surface area contributed by atoms with Gasteiger partial charge in [-0.3, -0.25) is 0 Å². The van der Waals surface area contributed by atoms with E-state index >= 15 is 0 Å². The van der Waals surface area contributed by atoms with Crippen LogP contribution in [0.5, 0.6) is 0 Å². The average molecular weight is 387 g/mol. The Morgan fingerprint density at radius 3 is 1.48 bits per heavy atom. The Labute approximate surface area is 178 Å². The van der Waals surface area contributed by atoms with Crippen LogP contribution in [-0.2, 0) is 10.1 Å². The van der Waals surface area contributed by atoms with E-state index in [1.807, 2.05) is 0 Å². The second kappa shape index (κ2) is 19.6. The molecule has 25 heavy (non-hydrogen) atoms. The van der Waals surface area contributed by atoms with Crippen LogP contribution in [0.1, 0.15) is 110 Å². The number of aliphatic hydroxyl groups is 1. The Bertz CT molecular complexity index is 360. The van der Waals surface area contributed by atoms with Crippen LogP contribution in [0, 0.1) is 0 Å². The molecule has 0 spiro atoms. The molecule has 1 unspecified atom stereocenters. The van der Waals surface area contributed by atoms with Gasteiger partial charge in [0.2, 0.25) is 0 Å². The van der Waals surface area contributed by atoms with Gasteiger partial charge in [-0.2, -0.15) is 0 Å². The maximum atomic E-state index is 10.4. The van der Waals surface area contributed by atoms with Gasteiger partial charge in [0.25, 0.3) is 0 Å². The van der Waals surface area contributed by atoms with Crippen molar-refractivity contribution in [2.24, 2.45) is 0 Å². The summed E-state index contributed by atoms with van der Waals surface area (Å²) in [5.41, 5.74) is 0. The van der Waals surface area contributed by atoms with E-state index in [-0.39, 0.29) is 41.4 Å². The zero-order chi connectivity index (χ0) is 18.1. The molecule has 0 fully saturated rings. The van der Waals surface area contributed by atoms with Crippen LogP contribution in [0.25, 0.3) is 0 Å². The van der Waals surface area contributed by atoms with E-state index in [9.17, 15) is 18.1 Å². The third kappa shape index (κ3) is 24.9. The monoisotopic (exact) mass is 386 g/mol. The minimum Gasteiger partial charge on any atom is -0.748 e. The number of hydrogen-bond donors (Lipinski definition) is 1. The molecule has 146 valence electrons. The van der Waals surface area contributed by atoms with E-state index < -0.39 is 10.1 Å². The van der Waals surface area contributed by atoms with Gasteiger partial charge >= 0.3 is 29.6 Å². The van der Waals surface area contributed by atoms with Crippen LogP contribution in [0.3, 0.4) is 0 Å². The first-order chi connectivity index (χ1) is 11.5. The Balaban J connectivity index is 0. The average Bonchev–Trinajstić information content (AvgIpc) is 2.51. The summed E-state index contributed by atoms with van der Waals surface area (Å²) in [4.78, 5) is 0. The molecule has 4 nitrogen and oxygen atoms in total. The predicted octanol–water partition coefficient (Wildman–Crippen LogP) is 2.16. The van der Waals surface area contributed by atoms with Gasteiger partial charge in [-0.25, -0.2) is 8.42 Å². The number of rotatable bonds is 18. The van der Waals surface area contributed by atoms with Crippen molar-refractivity contribution in [3.8, 4) is 0 Å². The molecule has 0 bridgehead atoms. The van der Waals surface area contributed by atoms with Crippen LogP contribution >= 0.6 is 0 Å². The Kier molecular flexibility index (Phi) is 22.0. The van der Waals surface area contributed by atoms with E-state index in [4.69, 9.17) is 0 Å². The van der Waals surface area contributed by atoms with Gasteiger partial charge in [0.05, 0.1) is 16.2 Å². The van der Waals surface area contributed by atoms with Gasteiger partial charge in [0.1, 0.15) is 0 Å². The molecule has 0 saturated carbocycles. The number of hydrogen-bond acceptors (Lipinski definition) is 4. The molecule has 0 saturated heterocycles. The van der Waals surface area contributed by atoms with Gasteiger partial charge in [0.15, 0.2) is 0 Å². The summed E-state index contributed by atoms with van der Waals surface area (Å²) in [5.74, 6) is -0.242. The second-order valence-corrected chi connectivity index (χ2v) is 8.61. The van der Waals surface area contributed by atoms with Crippen molar-refractivity contribution in [1.29, 1.82) is 0 Å². The normalized spacial score (nSPS) is 12.8. The molecule has 0 aromatic rings. The largest absolute Gasteiger partial charge is 1.00 e. The molecule has 0 heterocycles. The zero-order valence-corrected chi connectivity index (χ0v) is 19.5. The Hall–Kier alpha value is 0.870. The summed E-state index contributed by atoms with van der Waals surface area (Å²) in [6.45, 7) is 2.24. The summed E-state index contributed by atoms with van der Waals surface area (Å²) < 4.78 is 31.3. The molecular formula is C19H39NaO4S. The summed E-state index contributed by atoms with van der Waals surface area (Å²) in [6.07, 6.45) is 17.5. The molecular weight excluding hydrogens is 347 g/mol. The van der Waals surface area contributed by atoms with Crippen molar-refractivity contribution in [3.63, 3.8) is 0 Å². The number of unbranched alkanes of at least 4 members (excludes halogenated alkanes) is 12. The third-order valence-corrected chi connectivity index (χ3v) is 5.36. The van der Waals surface area contributed by atoms with E-state index in [1.165, 1.54) is 51.4 Å². The van der Waals surface area contributed by atoms with Crippen LogP contribution in [0.15, 0.2) is 0 Å². The molecule has 0 aromatic carbocycles. The standard InChI is InChI=1S/C19H40O4S.Na/c1-2-3-4-5-6-7-8-10-13-16-19(20)17-14-11-9-12-15-18-24(21,22)23;/h19-20H,2-18H2,1H3,(H,21,22,23);/q;+1/p-1. The molecule has 0 aliphatic rings. The molecule has 6 heteroatoms. The fourth-order valence-electron chi connectivity index (χ4n) is 3.02. The van der Waals surface area contributed by atoms with E-state index in [0.29, 0.717) is 6.42 Å².